The average molecular weight is 804 g/mol. The van der Waals surface area contributed by atoms with Crippen molar-refractivity contribution in [3.63, 3.8) is 0 Å². The van der Waals surface area contributed by atoms with Gasteiger partial charge in [0.15, 0.2) is 0 Å². The number of allylic oxidation sites excluding steroid dienone is 4. The van der Waals surface area contributed by atoms with E-state index in [4.69, 9.17) is 23.7 Å². The maximum atomic E-state index is 14.3. The number of piperidine rings is 1. The highest BCUT2D eigenvalue weighted by Crippen LogP contribution is 2.39. The van der Waals surface area contributed by atoms with Gasteiger partial charge in [-0.05, 0) is 95.5 Å². The van der Waals surface area contributed by atoms with E-state index in [9.17, 15) is 34.5 Å². The first-order valence-corrected chi connectivity index (χ1v) is 20.9. The van der Waals surface area contributed by atoms with Gasteiger partial charge >= 0.3 is 5.97 Å². The van der Waals surface area contributed by atoms with Crippen molar-refractivity contribution in [1.82, 2.24) is 4.90 Å². The summed E-state index contributed by atoms with van der Waals surface area (Å²) in [4.78, 5) is 58.0. The molecule has 2 bridgehead atoms. The van der Waals surface area contributed by atoms with Crippen molar-refractivity contribution in [2.45, 2.75) is 160 Å². The van der Waals surface area contributed by atoms with E-state index in [-0.39, 0.29) is 49.5 Å². The van der Waals surface area contributed by atoms with Gasteiger partial charge in [-0.15, -0.1) is 6.58 Å². The lowest BCUT2D eigenvalue weighted by Gasteiger charge is -2.47. The second kappa shape index (κ2) is 21.0. The Kier molecular flexibility index (Phi) is 17.2. The number of fused-ring (bicyclic) bond motifs is 3. The number of ketones is 2. The van der Waals surface area contributed by atoms with E-state index in [0.717, 1.165) is 10.5 Å². The van der Waals surface area contributed by atoms with Crippen LogP contribution in [0, 0.1) is 29.6 Å². The van der Waals surface area contributed by atoms with Gasteiger partial charge in [-0.1, -0.05) is 44.6 Å². The fourth-order valence-electron chi connectivity index (χ4n) is 9.40. The summed E-state index contributed by atoms with van der Waals surface area (Å²) >= 11 is 0. The van der Waals surface area contributed by atoms with E-state index >= 15 is 0 Å². The van der Waals surface area contributed by atoms with Gasteiger partial charge in [0.05, 0.1) is 30.5 Å². The van der Waals surface area contributed by atoms with E-state index in [1.165, 1.54) is 14.2 Å². The van der Waals surface area contributed by atoms with Crippen LogP contribution in [0.1, 0.15) is 105 Å². The molecular weight excluding hydrogens is 734 g/mol. The lowest BCUT2D eigenvalue weighted by molar-refractivity contribution is -0.302. The fraction of sp³-hybridized carbons (Fsp3) is 0.773. The molecule has 0 spiro atoms. The zero-order valence-corrected chi connectivity index (χ0v) is 35.4. The Bertz CT molecular complexity index is 1480. The van der Waals surface area contributed by atoms with Crippen LogP contribution in [0.3, 0.4) is 0 Å². The van der Waals surface area contributed by atoms with Gasteiger partial charge in [0.2, 0.25) is 5.79 Å². The summed E-state index contributed by atoms with van der Waals surface area (Å²) in [7, 11) is 4.63. The maximum Gasteiger partial charge on any atom is 0.329 e. The molecule has 2 saturated heterocycles. The number of esters is 1. The zero-order chi connectivity index (χ0) is 42.2. The monoisotopic (exact) mass is 803 g/mol. The lowest BCUT2D eigenvalue weighted by atomic mass is 9.81. The second-order valence-corrected chi connectivity index (χ2v) is 17.3. The third-order valence-corrected chi connectivity index (χ3v) is 12.9. The zero-order valence-electron chi connectivity index (χ0n) is 35.4. The van der Waals surface area contributed by atoms with Crippen LogP contribution in [-0.2, 0) is 42.9 Å². The molecule has 4 rings (SSSR count). The quantitative estimate of drug-likeness (QED) is 0.168. The van der Waals surface area contributed by atoms with Gasteiger partial charge in [0.1, 0.15) is 24.0 Å². The van der Waals surface area contributed by atoms with Crippen molar-refractivity contribution in [2.75, 3.05) is 27.9 Å². The molecule has 1 aliphatic carbocycles. The predicted molar refractivity (Wildman–Crippen MR) is 213 cm³/mol. The highest BCUT2D eigenvalue weighted by Gasteiger charge is 2.56. The molecule has 3 heterocycles. The van der Waals surface area contributed by atoms with Crippen LogP contribution in [0.15, 0.2) is 36.0 Å². The number of carbonyl (C=O) groups is 4. The number of carbonyl (C=O) groups excluding carboxylic acids is 4. The molecular formula is C44H69NO12. The van der Waals surface area contributed by atoms with Crippen molar-refractivity contribution in [3.8, 4) is 0 Å². The van der Waals surface area contributed by atoms with Gasteiger partial charge in [0.25, 0.3) is 11.7 Å². The Morgan fingerprint density at radius 2 is 1.67 bits per heavy atom. The lowest BCUT2D eigenvalue weighted by Crippen LogP contribution is -2.64. The summed E-state index contributed by atoms with van der Waals surface area (Å²) < 4.78 is 29.6. The summed E-state index contributed by atoms with van der Waals surface area (Å²) in [6, 6.07) is -1.17. The maximum absolute atomic E-state index is 14.3. The van der Waals surface area contributed by atoms with Crippen molar-refractivity contribution in [1.29, 1.82) is 0 Å². The Morgan fingerprint density at radius 1 is 1.00 bits per heavy atom. The van der Waals surface area contributed by atoms with Crippen LogP contribution in [-0.4, -0.2) is 126 Å². The van der Waals surface area contributed by atoms with Gasteiger partial charge in [0, 0.05) is 52.0 Å². The standard InChI is InChI=1S/C44H69NO12/c1-10-13-31-19-25(2)18-26(3)20-37(54-8)40-38(55-9)22-28(5)44(52,57-40)41(49)42(50)45-17-12-11-14-32(45)43(51)56-35(24-34(31)47)29(6)39(48)27(4)21-30-15-16-33(46)36(23-30)53-7/h10,19,21,26,28-33,35-40,46,48,52H,1,11-18,20,22-24H2,2-9H3/b25-19?,27-21+/t26-,28+,29+,30-,31+,32-,33+,35-,36+,37-,38-,39+,40+,44+/m0/s1. The highest BCUT2D eigenvalue weighted by molar-refractivity contribution is 6.39. The summed E-state index contributed by atoms with van der Waals surface area (Å²) in [5.74, 6) is -7.80. The van der Waals surface area contributed by atoms with Crippen molar-refractivity contribution in [3.05, 3.63) is 36.0 Å². The van der Waals surface area contributed by atoms with Crippen LogP contribution >= 0.6 is 0 Å². The molecule has 322 valence electrons. The van der Waals surface area contributed by atoms with Crippen LogP contribution < -0.4 is 0 Å². The first-order chi connectivity index (χ1) is 27.0. The molecule has 0 unspecified atom stereocenters. The van der Waals surface area contributed by atoms with Crippen molar-refractivity contribution >= 4 is 23.4 Å². The number of methoxy groups -OCH3 is 3. The number of nitrogens with zero attached hydrogens (tertiary/aromatic N) is 1. The first kappa shape index (κ1) is 46.9. The minimum Gasteiger partial charge on any atom is -0.460 e. The van der Waals surface area contributed by atoms with E-state index in [1.54, 1.807) is 34.0 Å². The summed E-state index contributed by atoms with van der Waals surface area (Å²) in [5.41, 5.74) is 1.60. The Morgan fingerprint density at radius 3 is 2.32 bits per heavy atom. The minimum atomic E-state index is -2.50. The van der Waals surface area contributed by atoms with Gasteiger partial charge in [-0.3, -0.25) is 14.4 Å². The summed E-state index contributed by atoms with van der Waals surface area (Å²) in [6.07, 6.45) is 5.10. The Labute approximate surface area is 339 Å². The molecule has 3 fully saturated rings. The van der Waals surface area contributed by atoms with Crippen LogP contribution in [0.2, 0.25) is 0 Å². The molecule has 0 radical (unpaired) electrons. The molecule has 13 heteroatoms. The van der Waals surface area contributed by atoms with E-state index < -0.39 is 83.9 Å². The smallest absolute Gasteiger partial charge is 0.329 e. The molecule has 0 aromatic carbocycles. The van der Waals surface area contributed by atoms with E-state index in [0.29, 0.717) is 56.9 Å². The SMILES string of the molecule is C=CC[C@@H]1C=C(C)C[C@H](C)C[C@H](OC)[C@H]2O[C@@](O)(C(=O)C(=O)N3CCCC[C@H]3C(=O)O[C@H]([C@@H](C)[C@H](O)/C(C)=C/[C@@H]3CC[C@@H](O)[C@H](OC)C3)CC1=O)[C@H](C)C[C@@H]2OC. The average Bonchev–Trinajstić information content (AvgIpc) is 3.19. The topological polar surface area (TPSA) is 178 Å². The van der Waals surface area contributed by atoms with Gasteiger partial charge in [-0.25, -0.2) is 4.79 Å². The normalized spacial score (nSPS) is 38.2. The molecule has 14 atom stereocenters. The molecule has 4 aliphatic rings. The predicted octanol–water partition coefficient (Wildman–Crippen LogP) is 4.64. The minimum absolute atomic E-state index is 0.0120. The molecule has 0 aromatic heterocycles. The van der Waals surface area contributed by atoms with E-state index in [2.05, 4.69) is 6.58 Å². The molecule has 57 heavy (non-hydrogen) atoms. The number of cyclic esters (lactones) is 1. The number of aliphatic hydroxyl groups excluding tert-OH is 2. The third-order valence-electron chi connectivity index (χ3n) is 12.9. The summed E-state index contributed by atoms with van der Waals surface area (Å²) in [6.45, 7) is 13.1. The van der Waals surface area contributed by atoms with Crippen molar-refractivity contribution in [2.24, 2.45) is 29.6 Å². The molecule has 3 aliphatic heterocycles. The second-order valence-electron chi connectivity index (χ2n) is 17.3. The Balaban J connectivity index is 1.74. The number of Topliss-reactive ketones (excluding diaryl/α,β-unsaturated/α-hetero) is 2. The molecule has 3 N–H and O–H groups in total. The number of aliphatic hydroxyl groups is 3. The van der Waals surface area contributed by atoms with Gasteiger partial charge in [-0.2, -0.15) is 0 Å². The molecule has 13 nitrogen and oxygen atoms in total. The van der Waals surface area contributed by atoms with Crippen LogP contribution in [0.25, 0.3) is 0 Å². The molecule has 1 amide bonds. The highest BCUT2D eigenvalue weighted by atomic mass is 16.7. The van der Waals surface area contributed by atoms with Gasteiger partial charge < -0.3 is 43.9 Å². The largest absolute Gasteiger partial charge is 0.460 e. The fourth-order valence-corrected chi connectivity index (χ4v) is 9.40. The first-order valence-electron chi connectivity index (χ1n) is 20.9. The number of ether oxygens (including phenoxy) is 5. The number of hydrogen-bond acceptors (Lipinski definition) is 12. The molecule has 1 saturated carbocycles. The van der Waals surface area contributed by atoms with E-state index in [1.807, 2.05) is 26.0 Å². The number of hydrogen-bond donors (Lipinski definition) is 3. The number of amides is 1. The Hall–Kier alpha value is -2.78. The molecule has 0 aromatic rings. The van der Waals surface area contributed by atoms with Crippen LogP contribution in [0.4, 0.5) is 0 Å². The van der Waals surface area contributed by atoms with Crippen molar-refractivity contribution < 1.29 is 58.2 Å². The summed E-state index contributed by atoms with van der Waals surface area (Å²) in [5, 5.41) is 34.0. The third kappa shape index (κ3) is 11.3. The number of rotatable bonds is 9. The van der Waals surface area contributed by atoms with Crippen LogP contribution in [0.5, 0.6) is 0 Å².